The molecule has 0 aromatic heterocycles. The molecule has 0 fully saturated rings. The second-order valence-electron chi connectivity index (χ2n) is 5.48. The van der Waals surface area contributed by atoms with Crippen molar-refractivity contribution in [3.8, 4) is 0 Å². The molecule has 0 bridgehead atoms. The third kappa shape index (κ3) is 4.27. The molecule has 1 unspecified atom stereocenters. The summed E-state index contributed by atoms with van der Waals surface area (Å²) in [6.07, 6.45) is 3.09. The number of carbonyl (C=O) groups is 2. The Morgan fingerprint density at radius 2 is 1.68 bits per heavy atom. The summed E-state index contributed by atoms with van der Waals surface area (Å²) in [7, 11) is 2.93. The van der Waals surface area contributed by atoms with Gasteiger partial charge >= 0.3 is 5.97 Å². The molecule has 1 aromatic rings. The highest BCUT2D eigenvalue weighted by atomic mass is 35.6. The fourth-order valence-corrected chi connectivity index (χ4v) is 2.96. The van der Waals surface area contributed by atoms with E-state index in [0.29, 0.717) is 5.57 Å². The van der Waals surface area contributed by atoms with Gasteiger partial charge in [-0.3, -0.25) is 4.79 Å². The van der Waals surface area contributed by atoms with Crippen molar-refractivity contribution in [2.75, 3.05) is 14.2 Å². The van der Waals surface area contributed by atoms with E-state index in [1.807, 2.05) is 30.3 Å². The van der Waals surface area contributed by atoms with Crippen LogP contribution in [-0.2, 0) is 14.3 Å². The number of Topliss-reactive ketones (excluding diaryl/α,β-unsaturated/α-hetero) is 1. The zero-order valence-corrected chi connectivity index (χ0v) is 15.9. The van der Waals surface area contributed by atoms with Crippen LogP contribution < -0.4 is 0 Å². The average molecular weight is 401 g/mol. The van der Waals surface area contributed by atoms with Crippen molar-refractivity contribution in [2.24, 2.45) is 5.92 Å². The first-order chi connectivity index (χ1) is 11.7. The Balaban J connectivity index is 2.58. The lowest BCUT2D eigenvalue weighted by Gasteiger charge is -2.31. The molecule has 1 heterocycles. The van der Waals surface area contributed by atoms with E-state index in [4.69, 9.17) is 39.5 Å². The van der Waals surface area contributed by atoms with Gasteiger partial charge in [0.05, 0.1) is 12.7 Å². The van der Waals surface area contributed by atoms with Crippen LogP contribution in [0.2, 0.25) is 0 Å². The first-order valence-corrected chi connectivity index (χ1v) is 8.39. The molecule has 1 aliphatic heterocycles. The van der Waals surface area contributed by atoms with Gasteiger partial charge in [-0.05, 0) is 11.1 Å². The number of nitrogens with zero attached hydrogens (tertiary/aromatic N) is 1. The molecular formula is C18H16Cl3NO3. The molecule has 0 N–H and O–H groups in total. The number of esters is 1. The second kappa shape index (κ2) is 7.65. The second-order valence-corrected chi connectivity index (χ2v) is 7.76. The van der Waals surface area contributed by atoms with Crippen LogP contribution in [0.1, 0.15) is 5.56 Å². The molecule has 132 valence electrons. The van der Waals surface area contributed by atoms with Crippen molar-refractivity contribution in [2.45, 2.75) is 3.79 Å². The van der Waals surface area contributed by atoms with Crippen LogP contribution in [0.15, 0.2) is 60.5 Å². The summed E-state index contributed by atoms with van der Waals surface area (Å²) >= 11 is 17.4. The number of benzene rings is 1. The molecule has 0 amide bonds. The number of hydrogen-bond acceptors (Lipinski definition) is 4. The van der Waals surface area contributed by atoms with E-state index in [-0.39, 0.29) is 11.1 Å². The minimum atomic E-state index is -2.15. The Morgan fingerprint density at radius 3 is 2.20 bits per heavy atom. The van der Waals surface area contributed by atoms with Crippen molar-refractivity contribution in [1.82, 2.24) is 4.90 Å². The number of hydrogen-bond donors (Lipinski definition) is 0. The van der Waals surface area contributed by atoms with Gasteiger partial charge in [-0.15, -0.1) is 0 Å². The molecule has 0 spiro atoms. The first-order valence-electron chi connectivity index (χ1n) is 7.26. The average Bonchev–Trinajstić information content (AvgIpc) is 2.59. The fourth-order valence-electron chi connectivity index (χ4n) is 2.63. The van der Waals surface area contributed by atoms with Crippen molar-refractivity contribution in [1.29, 1.82) is 0 Å². The van der Waals surface area contributed by atoms with E-state index in [2.05, 4.69) is 6.58 Å². The lowest BCUT2D eigenvalue weighted by atomic mass is 9.79. The summed E-state index contributed by atoms with van der Waals surface area (Å²) in [5.74, 6) is -2.09. The minimum absolute atomic E-state index is 0.152. The maximum Gasteiger partial charge on any atom is 0.336 e. The normalized spacial score (nSPS) is 17.5. The molecule has 4 nitrogen and oxygen atoms in total. The molecule has 1 aliphatic rings. The van der Waals surface area contributed by atoms with Gasteiger partial charge in [0.2, 0.25) is 5.78 Å². The summed E-state index contributed by atoms with van der Waals surface area (Å²) < 4.78 is 2.70. The molecule has 1 aromatic carbocycles. The molecule has 7 heteroatoms. The molecule has 0 aliphatic carbocycles. The van der Waals surface area contributed by atoms with Gasteiger partial charge in [-0.1, -0.05) is 71.7 Å². The highest BCUT2D eigenvalue weighted by Crippen LogP contribution is 2.41. The summed E-state index contributed by atoms with van der Waals surface area (Å²) in [6, 6.07) is 9.17. The van der Waals surface area contributed by atoms with E-state index in [0.717, 1.165) is 5.56 Å². The topological polar surface area (TPSA) is 46.6 Å². The molecule has 2 rings (SSSR count). The van der Waals surface area contributed by atoms with Crippen molar-refractivity contribution in [3.63, 3.8) is 0 Å². The minimum Gasteiger partial charge on any atom is -0.466 e. The first kappa shape index (κ1) is 19.6. The Kier molecular flexibility index (Phi) is 5.99. The zero-order chi connectivity index (χ0) is 18.8. The predicted molar refractivity (Wildman–Crippen MR) is 100 cm³/mol. The molecule has 25 heavy (non-hydrogen) atoms. The summed E-state index contributed by atoms with van der Waals surface area (Å²) in [4.78, 5) is 26.5. The van der Waals surface area contributed by atoms with Crippen LogP contribution in [0.25, 0.3) is 5.57 Å². The summed E-state index contributed by atoms with van der Waals surface area (Å²) in [6.45, 7) is 4.07. The Morgan fingerprint density at radius 1 is 1.12 bits per heavy atom. The lowest BCUT2D eigenvalue weighted by Crippen LogP contribution is -2.33. The Bertz CT molecular complexity index is 764. The SMILES string of the molecule is C=C(c1ccccc1)C1C(C(=O)OC)=CN(C)C=C1C(=O)C(Cl)(Cl)Cl. The Hall–Kier alpha value is -1.75. The molecule has 1 atom stereocenters. The van der Waals surface area contributed by atoms with Crippen LogP contribution in [0.4, 0.5) is 0 Å². The maximum atomic E-state index is 12.7. The molecular weight excluding hydrogens is 385 g/mol. The predicted octanol–water partition coefficient (Wildman–Crippen LogP) is 4.14. The number of methoxy groups -OCH3 is 1. The number of allylic oxidation sites excluding steroid dienone is 2. The highest BCUT2D eigenvalue weighted by molar-refractivity contribution is 6.77. The number of ether oxygens (including phenoxy) is 1. The quantitative estimate of drug-likeness (QED) is 0.563. The number of ketones is 1. The molecule has 0 saturated heterocycles. The van der Waals surface area contributed by atoms with Crippen LogP contribution >= 0.6 is 34.8 Å². The number of rotatable bonds is 4. The third-order valence-corrected chi connectivity index (χ3v) is 4.26. The summed E-state index contributed by atoms with van der Waals surface area (Å²) in [5, 5.41) is 0. The van der Waals surface area contributed by atoms with Gasteiger partial charge in [-0.2, -0.15) is 0 Å². The van der Waals surface area contributed by atoms with Crippen LogP contribution in [0, 0.1) is 5.92 Å². The maximum absolute atomic E-state index is 12.7. The highest BCUT2D eigenvalue weighted by Gasteiger charge is 2.42. The Labute approximate surface area is 161 Å². The smallest absolute Gasteiger partial charge is 0.336 e. The monoisotopic (exact) mass is 399 g/mol. The third-order valence-electron chi connectivity index (χ3n) is 3.74. The van der Waals surface area contributed by atoms with E-state index in [1.54, 1.807) is 18.1 Å². The van der Waals surface area contributed by atoms with E-state index < -0.39 is 21.5 Å². The van der Waals surface area contributed by atoms with Crippen LogP contribution in [0.3, 0.4) is 0 Å². The van der Waals surface area contributed by atoms with Gasteiger partial charge in [0.1, 0.15) is 0 Å². The van der Waals surface area contributed by atoms with Crippen molar-refractivity contribution < 1.29 is 14.3 Å². The number of carbonyl (C=O) groups excluding carboxylic acids is 2. The van der Waals surface area contributed by atoms with Gasteiger partial charge in [0, 0.05) is 30.9 Å². The van der Waals surface area contributed by atoms with Gasteiger partial charge in [0.25, 0.3) is 3.79 Å². The van der Waals surface area contributed by atoms with E-state index >= 15 is 0 Å². The van der Waals surface area contributed by atoms with Crippen LogP contribution in [-0.4, -0.2) is 34.6 Å². The molecule has 0 saturated carbocycles. The van der Waals surface area contributed by atoms with Crippen LogP contribution in [0.5, 0.6) is 0 Å². The largest absolute Gasteiger partial charge is 0.466 e. The zero-order valence-electron chi connectivity index (χ0n) is 13.6. The lowest BCUT2D eigenvalue weighted by molar-refractivity contribution is -0.136. The summed E-state index contributed by atoms with van der Waals surface area (Å²) in [5.41, 5.74) is 1.67. The van der Waals surface area contributed by atoms with E-state index in [1.165, 1.54) is 13.3 Å². The van der Waals surface area contributed by atoms with Gasteiger partial charge < -0.3 is 9.64 Å². The number of alkyl halides is 3. The standard InChI is InChI=1S/C18H16Cl3NO3/c1-11(12-7-5-4-6-8-12)15-13(16(23)18(19,20)21)9-22(2)10-14(15)17(24)25-3/h4-10,15H,1H2,2-3H3. The van der Waals surface area contributed by atoms with Gasteiger partial charge in [0.15, 0.2) is 0 Å². The van der Waals surface area contributed by atoms with Crippen molar-refractivity contribution >= 4 is 52.1 Å². The van der Waals surface area contributed by atoms with Gasteiger partial charge in [-0.25, -0.2) is 4.79 Å². The number of halogens is 3. The van der Waals surface area contributed by atoms with Crippen molar-refractivity contribution in [3.05, 3.63) is 66.0 Å². The van der Waals surface area contributed by atoms with E-state index in [9.17, 15) is 9.59 Å². The fraction of sp³-hybridized carbons (Fsp3) is 0.222. The molecule has 0 radical (unpaired) electrons.